The number of halogens is 2. The van der Waals surface area contributed by atoms with Crippen LogP contribution in [0.1, 0.15) is 0 Å². The van der Waals surface area contributed by atoms with E-state index in [1.165, 1.54) is 0 Å². The van der Waals surface area contributed by atoms with Crippen molar-refractivity contribution < 1.29 is 8.42 Å². The summed E-state index contributed by atoms with van der Waals surface area (Å²) in [5, 5.41) is 1.94. The standard InChI is InChI=1S/C4H4ClNO2S.BrH/c5-3-1-9(7,8)2-4(3)6;/h1-2H,6H2;1H. The molecule has 0 aromatic carbocycles. The van der Waals surface area contributed by atoms with E-state index in [9.17, 15) is 8.42 Å². The molecule has 10 heavy (non-hydrogen) atoms. The number of rotatable bonds is 0. The van der Waals surface area contributed by atoms with Crippen LogP contribution in [0.15, 0.2) is 21.5 Å². The molecular weight excluding hydrogens is 241 g/mol. The van der Waals surface area contributed by atoms with Gasteiger partial charge in [-0.2, -0.15) is 0 Å². The third-order valence-corrected chi connectivity index (χ3v) is 2.44. The minimum Gasteiger partial charge on any atom is -0.397 e. The third kappa shape index (κ3) is 2.00. The van der Waals surface area contributed by atoms with Crippen LogP contribution >= 0.6 is 28.6 Å². The van der Waals surface area contributed by atoms with Crippen LogP contribution in [0, 0.1) is 0 Å². The zero-order chi connectivity index (χ0) is 7.07. The Morgan fingerprint density at radius 1 is 1.40 bits per heavy atom. The summed E-state index contributed by atoms with van der Waals surface area (Å²) in [6.07, 6.45) is 0. The SMILES string of the molecule is Br.NC1=CS(=O)(=O)C=C1Cl. The predicted octanol–water partition coefficient (Wildman–Crippen LogP) is 0.873. The Morgan fingerprint density at radius 3 is 2.00 bits per heavy atom. The van der Waals surface area contributed by atoms with Crippen molar-refractivity contribution in [3.63, 3.8) is 0 Å². The van der Waals surface area contributed by atoms with Crippen LogP contribution in [0.4, 0.5) is 0 Å². The van der Waals surface area contributed by atoms with E-state index >= 15 is 0 Å². The van der Waals surface area contributed by atoms with Crippen molar-refractivity contribution in [2.45, 2.75) is 0 Å². The van der Waals surface area contributed by atoms with E-state index in [1.54, 1.807) is 0 Å². The van der Waals surface area contributed by atoms with Gasteiger partial charge < -0.3 is 5.73 Å². The molecule has 1 rings (SSSR count). The fourth-order valence-corrected chi connectivity index (χ4v) is 1.94. The molecule has 0 saturated carbocycles. The van der Waals surface area contributed by atoms with Crippen molar-refractivity contribution in [2.75, 3.05) is 0 Å². The average Bonchev–Trinajstić information content (AvgIpc) is 1.79. The van der Waals surface area contributed by atoms with Gasteiger partial charge in [-0.3, -0.25) is 0 Å². The summed E-state index contributed by atoms with van der Waals surface area (Å²) in [7, 11) is -3.23. The van der Waals surface area contributed by atoms with Crippen LogP contribution in [-0.2, 0) is 9.84 Å². The molecular formula is C4H5BrClNO2S. The first-order chi connectivity index (χ1) is 4.01. The lowest BCUT2D eigenvalue weighted by atomic mass is 10.5. The smallest absolute Gasteiger partial charge is 0.196 e. The maximum absolute atomic E-state index is 10.5. The molecule has 3 nitrogen and oxygen atoms in total. The van der Waals surface area contributed by atoms with Crippen molar-refractivity contribution in [1.29, 1.82) is 0 Å². The molecule has 0 radical (unpaired) electrons. The van der Waals surface area contributed by atoms with Gasteiger partial charge in [-0.1, -0.05) is 11.6 Å². The second-order valence-corrected chi connectivity index (χ2v) is 3.68. The van der Waals surface area contributed by atoms with Gasteiger partial charge in [0.15, 0.2) is 9.84 Å². The first-order valence-electron chi connectivity index (χ1n) is 2.11. The average molecular weight is 247 g/mol. The molecule has 58 valence electrons. The number of allylic oxidation sites excluding steroid dienone is 1. The third-order valence-electron chi connectivity index (χ3n) is 0.835. The molecule has 0 spiro atoms. The maximum atomic E-state index is 10.5. The number of hydrogen-bond acceptors (Lipinski definition) is 3. The van der Waals surface area contributed by atoms with Crippen molar-refractivity contribution in [1.82, 2.24) is 0 Å². The molecule has 1 aliphatic heterocycles. The monoisotopic (exact) mass is 245 g/mol. The van der Waals surface area contributed by atoms with Crippen molar-refractivity contribution in [2.24, 2.45) is 5.73 Å². The van der Waals surface area contributed by atoms with E-state index in [1.807, 2.05) is 0 Å². The van der Waals surface area contributed by atoms with Gasteiger partial charge in [0.2, 0.25) is 0 Å². The number of sulfone groups is 1. The molecule has 0 aromatic rings. The summed E-state index contributed by atoms with van der Waals surface area (Å²) in [5.74, 6) is 0. The van der Waals surface area contributed by atoms with E-state index in [0.29, 0.717) is 0 Å². The molecule has 6 heteroatoms. The fraction of sp³-hybridized carbons (Fsp3) is 0. The van der Waals surface area contributed by atoms with Crippen molar-refractivity contribution in [3.05, 3.63) is 21.5 Å². The van der Waals surface area contributed by atoms with Crippen LogP contribution in [0.3, 0.4) is 0 Å². The second-order valence-electron chi connectivity index (χ2n) is 1.63. The van der Waals surface area contributed by atoms with Crippen molar-refractivity contribution in [3.8, 4) is 0 Å². The van der Waals surface area contributed by atoms with Gasteiger partial charge in [-0.25, -0.2) is 8.42 Å². The van der Waals surface area contributed by atoms with E-state index < -0.39 is 9.84 Å². The zero-order valence-corrected chi connectivity index (χ0v) is 8.03. The predicted molar refractivity (Wildman–Crippen MR) is 45.4 cm³/mol. The molecule has 0 bridgehead atoms. The highest BCUT2D eigenvalue weighted by Crippen LogP contribution is 2.20. The van der Waals surface area contributed by atoms with Crippen LogP contribution in [0.25, 0.3) is 0 Å². The molecule has 0 saturated heterocycles. The summed E-state index contributed by atoms with van der Waals surface area (Å²) in [4.78, 5) is 0. The Labute approximate surface area is 74.2 Å². The molecule has 0 aliphatic carbocycles. The Balaban J connectivity index is 0.000000810. The molecule has 1 aliphatic rings. The Kier molecular flexibility index (Phi) is 2.94. The summed E-state index contributed by atoms with van der Waals surface area (Å²) in [6, 6.07) is 0. The highest BCUT2D eigenvalue weighted by Gasteiger charge is 2.15. The first kappa shape index (κ1) is 10.0. The number of nitrogens with two attached hydrogens (primary N) is 1. The van der Waals surface area contributed by atoms with Gasteiger partial charge >= 0.3 is 0 Å². The molecule has 0 fully saturated rings. The molecule has 1 heterocycles. The minimum atomic E-state index is -3.23. The van der Waals surface area contributed by atoms with Gasteiger partial charge in [0.25, 0.3) is 0 Å². The van der Waals surface area contributed by atoms with E-state index in [4.69, 9.17) is 17.3 Å². The lowest BCUT2D eigenvalue weighted by Gasteiger charge is -1.83. The van der Waals surface area contributed by atoms with E-state index in [-0.39, 0.29) is 27.7 Å². The molecule has 0 aromatic heterocycles. The highest BCUT2D eigenvalue weighted by atomic mass is 79.9. The summed E-state index contributed by atoms with van der Waals surface area (Å²) < 4.78 is 21.1. The lowest BCUT2D eigenvalue weighted by molar-refractivity contribution is 0.613. The zero-order valence-electron chi connectivity index (χ0n) is 4.74. The Bertz CT molecular complexity index is 268. The van der Waals surface area contributed by atoms with Crippen LogP contribution < -0.4 is 5.73 Å². The first-order valence-corrected chi connectivity index (χ1v) is 4.10. The quantitative estimate of drug-likeness (QED) is 0.690. The molecule has 0 atom stereocenters. The highest BCUT2D eigenvalue weighted by molar-refractivity contribution is 8.93. The van der Waals surface area contributed by atoms with Crippen LogP contribution in [0.5, 0.6) is 0 Å². The van der Waals surface area contributed by atoms with Crippen LogP contribution in [-0.4, -0.2) is 8.42 Å². The Morgan fingerprint density at radius 2 is 1.90 bits per heavy atom. The fourth-order valence-electron chi connectivity index (χ4n) is 0.480. The summed E-state index contributed by atoms with van der Waals surface area (Å²) in [6.45, 7) is 0. The van der Waals surface area contributed by atoms with Gasteiger partial charge in [-0.05, 0) is 0 Å². The van der Waals surface area contributed by atoms with Gasteiger partial charge in [0, 0.05) is 0 Å². The lowest BCUT2D eigenvalue weighted by Crippen LogP contribution is -1.92. The van der Waals surface area contributed by atoms with Gasteiger partial charge in [-0.15, -0.1) is 17.0 Å². The minimum absolute atomic E-state index is 0. The second kappa shape index (κ2) is 2.94. The molecule has 0 unspecified atom stereocenters. The van der Waals surface area contributed by atoms with E-state index in [0.717, 1.165) is 10.8 Å². The maximum Gasteiger partial charge on any atom is 0.196 e. The summed E-state index contributed by atoms with van der Waals surface area (Å²) in [5.41, 5.74) is 5.24. The summed E-state index contributed by atoms with van der Waals surface area (Å²) >= 11 is 5.34. The topological polar surface area (TPSA) is 60.2 Å². The van der Waals surface area contributed by atoms with Gasteiger partial charge in [0.1, 0.15) is 0 Å². The largest absolute Gasteiger partial charge is 0.397 e. The Hall–Kier alpha value is -0.000000000000000111. The normalized spacial score (nSPS) is 20.9. The van der Waals surface area contributed by atoms with Crippen LogP contribution in [0.2, 0.25) is 0 Å². The van der Waals surface area contributed by atoms with E-state index in [2.05, 4.69) is 0 Å². The van der Waals surface area contributed by atoms with Gasteiger partial charge in [0.05, 0.1) is 21.5 Å². The van der Waals surface area contributed by atoms with Crippen molar-refractivity contribution >= 4 is 38.4 Å². The number of hydrogen-bond donors (Lipinski definition) is 1. The molecule has 0 amide bonds. The molecule has 2 N–H and O–H groups in total.